The fraction of sp³-hybridized carbons (Fsp3) is 0.412. The van der Waals surface area contributed by atoms with Crippen LogP contribution in [0.15, 0.2) is 34.9 Å². The number of nitrogens with two attached hydrogens (primary N) is 1. The molecule has 0 spiro atoms. The second-order valence-electron chi connectivity index (χ2n) is 5.98. The molecular weight excluding hydrogens is 278 g/mol. The first-order valence-electron chi connectivity index (χ1n) is 7.54. The van der Waals surface area contributed by atoms with Gasteiger partial charge in [-0.1, -0.05) is 48.8 Å². The molecule has 1 heterocycles. The van der Waals surface area contributed by atoms with Crippen molar-refractivity contribution in [2.45, 2.75) is 33.2 Å². The summed E-state index contributed by atoms with van der Waals surface area (Å²) in [7, 11) is 0. The number of aryl methyl sites for hydroxylation is 1. The van der Waals surface area contributed by atoms with Crippen molar-refractivity contribution in [2.75, 3.05) is 6.54 Å². The highest BCUT2D eigenvalue weighted by atomic mass is 16.5. The molecule has 0 saturated carbocycles. The van der Waals surface area contributed by atoms with E-state index in [4.69, 9.17) is 10.3 Å². The van der Waals surface area contributed by atoms with E-state index in [1.165, 1.54) is 5.56 Å². The molecule has 118 valence electrons. The minimum absolute atomic E-state index is 0.0552. The molecule has 1 amide bonds. The monoisotopic (exact) mass is 301 g/mol. The third-order valence-corrected chi connectivity index (χ3v) is 3.46. The number of carbonyl (C=O) groups is 1. The van der Waals surface area contributed by atoms with Crippen LogP contribution in [-0.4, -0.2) is 23.7 Å². The Balaban J connectivity index is 2.07. The van der Waals surface area contributed by atoms with Crippen LogP contribution in [0.25, 0.3) is 11.3 Å². The lowest BCUT2D eigenvalue weighted by Gasteiger charge is -2.17. The zero-order valence-corrected chi connectivity index (χ0v) is 13.3. The van der Waals surface area contributed by atoms with Crippen LogP contribution in [0.2, 0.25) is 0 Å². The molecule has 0 fully saturated rings. The van der Waals surface area contributed by atoms with Gasteiger partial charge in [-0.05, 0) is 19.3 Å². The fourth-order valence-electron chi connectivity index (χ4n) is 2.28. The maximum atomic E-state index is 12.2. The van der Waals surface area contributed by atoms with Crippen LogP contribution < -0.4 is 11.1 Å². The van der Waals surface area contributed by atoms with Crippen LogP contribution >= 0.6 is 0 Å². The molecule has 5 heteroatoms. The minimum atomic E-state index is -0.276. The molecule has 1 unspecified atom stereocenters. The number of hydrogen-bond donors (Lipinski definition) is 2. The van der Waals surface area contributed by atoms with E-state index in [0.717, 1.165) is 12.0 Å². The van der Waals surface area contributed by atoms with E-state index in [9.17, 15) is 4.79 Å². The van der Waals surface area contributed by atoms with E-state index < -0.39 is 0 Å². The molecule has 0 radical (unpaired) electrons. The number of aromatic nitrogens is 1. The number of rotatable bonds is 6. The number of amides is 1. The van der Waals surface area contributed by atoms with Crippen molar-refractivity contribution in [3.63, 3.8) is 0 Å². The van der Waals surface area contributed by atoms with Crippen LogP contribution in [0.3, 0.4) is 0 Å². The lowest BCUT2D eigenvalue weighted by atomic mass is 10.0. The van der Waals surface area contributed by atoms with Crippen molar-refractivity contribution < 1.29 is 9.32 Å². The van der Waals surface area contributed by atoms with Gasteiger partial charge in [0.2, 0.25) is 5.76 Å². The molecule has 22 heavy (non-hydrogen) atoms. The summed E-state index contributed by atoms with van der Waals surface area (Å²) < 4.78 is 5.16. The highest BCUT2D eigenvalue weighted by Crippen LogP contribution is 2.19. The van der Waals surface area contributed by atoms with Crippen LogP contribution in [-0.2, 0) is 0 Å². The standard InChI is InChI=1S/C17H23N3O2/c1-11(2)8-14(10-18)19-17(21)16-9-15(20-22-16)13-6-4-12(3)5-7-13/h4-7,9,11,14H,8,10,18H2,1-3H3,(H,19,21). The number of benzene rings is 1. The second kappa shape index (κ2) is 7.22. The minimum Gasteiger partial charge on any atom is -0.350 e. The number of hydrogen-bond acceptors (Lipinski definition) is 4. The van der Waals surface area contributed by atoms with Crippen LogP contribution in [0.4, 0.5) is 0 Å². The first-order chi connectivity index (χ1) is 10.5. The summed E-state index contributed by atoms with van der Waals surface area (Å²) in [5, 5.41) is 6.85. The molecule has 1 atom stereocenters. The molecule has 1 aromatic carbocycles. The van der Waals surface area contributed by atoms with Gasteiger partial charge in [0, 0.05) is 24.2 Å². The van der Waals surface area contributed by atoms with Gasteiger partial charge in [-0.25, -0.2) is 0 Å². The fourth-order valence-corrected chi connectivity index (χ4v) is 2.28. The summed E-state index contributed by atoms with van der Waals surface area (Å²) in [4.78, 5) is 12.2. The highest BCUT2D eigenvalue weighted by Gasteiger charge is 2.18. The number of nitrogens with one attached hydrogen (secondary N) is 1. The lowest BCUT2D eigenvalue weighted by Crippen LogP contribution is -2.40. The molecule has 1 aromatic heterocycles. The van der Waals surface area contributed by atoms with Gasteiger partial charge >= 0.3 is 0 Å². The van der Waals surface area contributed by atoms with E-state index >= 15 is 0 Å². The van der Waals surface area contributed by atoms with E-state index in [1.54, 1.807) is 6.07 Å². The molecule has 0 aliphatic rings. The number of carbonyl (C=O) groups excluding carboxylic acids is 1. The molecule has 3 N–H and O–H groups in total. The molecule has 0 aliphatic heterocycles. The van der Waals surface area contributed by atoms with Crippen LogP contribution in [0, 0.1) is 12.8 Å². The maximum Gasteiger partial charge on any atom is 0.290 e. The quantitative estimate of drug-likeness (QED) is 0.859. The molecule has 2 rings (SSSR count). The summed E-state index contributed by atoms with van der Waals surface area (Å²) in [6.07, 6.45) is 0.835. The van der Waals surface area contributed by atoms with Crippen molar-refractivity contribution >= 4 is 5.91 Å². The van der Waals surface area contributed by atoms with E-state index in [-0.39, 0.29) is 17.7 Å². The smallest absolute Gasteiger partial charge is 0.290 e. The third kappa shape index (κ3) is 4.18. The predicted octanol–water partition coefficient (Wildman–Crippen LogP) is 2.75. The van der Waals surface area contributed by atoms with Crippen molar-refractivity contribution in [1.29, 1.82) is 0 Å². The lowest BCUT2D eigenvalue weighted by molar-refractivity contribution is 0.0896. The first kappa shape index (κ1) is 16.2. The van der Waals surface area contributed by atoms with Gasteiger partial charge in [0.05, 0.1) is 0 Å². The van der Waals surface area contributed by atoms with Crippen molar-refractivity contribution in [3.8, 4) is 11.3 Å². The molecule has 0 saturated heterocycles. The van der Waals surface area contributed by atoms with E-state index in [2.05, 4.69) is 24.3 Å². The molecule has 2 aromatic rings. The Hall–Kier alpha value is -2.14. The van der Waals surface area contributed by atoms with Gasteiger partial charge in [0.25, 0.3) is 5.91 Å². The Bertz CT molecular complexity index is 617. The van der Waals surface area contributed by atoms with Crippen LogP contribution in [0.5, 0.6) is 0 Å². The van der Waals surface area contributed by atoms with Crippen molar-refractivity contribution in [3.05, 3.63) is 41.7 Å². The summed E-state index contributed by atoms with van der Waals surface area (Å²) in [6, 6.07) is 9.50. The summed E-state index contributed by atoms with van der Waals surface area (Å²) in [5.74, 6) is 0.395. The van der Waals surface area contributed by atoms with E-state index in [0.29, 0.717) is 18.2 Å². The van der Waals surface area contributed by atoms with Gasteiger partial charge in [-0.3, -0.25) is 4.79 Å². The Kier molecular flexibility index (Phi) is 5.33. The van der Waals surface area contributed by atoms with Gasteiger partial charge in [-0.2, -0.15) is 0 Å². The highest BCUT2D eigenvalue weighted by molar-refractivity contribution is 5.92. The van der Waals surface area contributed by atoms with Gasteiger partial charge in [0.15, 0.2) is 0 Å². The van der Waals surface area contributed by atoms with Gasteiger partial charge in [-0.15, -0.1) is 0 Å². The first-order valence-corrected chi connectivity index (χ1v) is 7.54. The Morgan fingerprint density at radius 3 is 2.59 bits per heavy atom. The predicted molar refractivity (Wildman–Crippen MR) is 86.4 cm³/mol. The topological polar surface area (TPSA) is 81.2 Å². The van der Waals surface area contributed by atoms with Crippen LogP contribution in [0.1, 0.15) is 36.4 Å². The Morgan fingerprint density at radius 1 is 1.32 bits per heavy atom. The Morgan fingerprint density at radius 2 is 2.00 bits per heavy atom. The second-order valence-corrected chi connectivity index (χ2v) is 5.98. The average Bonchev–Trinajstić information content (AvgIpc) is 2.96. The zero-order valence-electron chi connectivity index (χ0n) is 13.3. The third-order valence-electron chi connectivity index (χ3n) is 3.46. The number of nitrogens with zero attached hydrogens (tertiary/aromatic N) is 1. The van der Waals surface area contributed by atoms with Gasteiger partial charge < -0.3 is 15.6 Å². The molecular formula is C17H23N3O2. The zero-order chi connectivity index (χ0) is 16.1. The summed E-state index contributed by atoms with van der Waals surface area (Å²) in [6.45, 7) is 6.62. The Labute approximate surface area is 130 Å². The SMILES string of the molecule is Cc1ccc(-c2cc(C(=O)NC(CN)CC(C)C)on2)cc1. The van der Waals surface area contributed by atoms with Crippen molar-refractivity contribution in [2.24, 2.45) is 11.7 Å². The van der Waals surface area contributed by atoms with E-state index in [1.807, 2.05) is 31.2 Å². The normalized spacial score (nSPS) is 12.4. The van der Waals surface area contributed by atoms with Gasteiger partial charge in [0.1, 0.15) is 5.69 Å². The molecule has 0 bridgehead atoms. The largest absolute Gasteiger partial charge is 0.350 e. The summed E-state index contributed by atoms with van der Waals surface area (Å²) >= 11 is 0. The molecule has 0 aliphatic carbocycles. The molecule has 5 nitrogen and oxygen atoms in total. The average molecular weight is 301 g/mol. The summed E-state index contributed by atoms with van der Waals surface area (Å²) in [5.41, 5.74) is 8.44. The van der Waals surface area contributed by atoms with Crippen molar-refractivity contribution in [1.82, 2.24) is 10.5 Å². The maximum absolute atomic E-state index is 12.2.